The van der Waals surface area contributed by atoms with Crippen molar-refractivity contribution in [1.82, 2.24) is 34.8 Å². The fourth-order valence-corrected chi connectivity index (χ4v) is 5.04. The summed E-state index contributed by atoms with van der Waals surface area (Å²) in [7, 11) is 1.62. The van der Waals surface area contributed by atoms with Crippen LogP contribution in [-0.4, -0.2) is 114 Å². The number of aliphatic hydroxyl groups is 2. The van der Waals surface area contributed by atoms with Gasteiger partial charge in [0.25, 0.3) is 11.8 Å². The zero-order valence-corrected chi connectivity index (χ0v) is 18.5. The smallest absolute Gasteiger partial charge is 0.292 e. The molecule has 176 valence electrons. The fourth-order valence-electron chi connectivity index (χ4n) is 5.04. The molecule has 4 rings (SSSR count). The molecular formula is C20H31N7O5. The van der Waals surface area contributed by atoms with E-state index >= 15 is 0 Å². The second-order valence-corrected chi connectivity index (χ2v) is 8.95. The predicted molar refractivity (Wildman–Crippen MR) is 111 cm³/mol. The number of nitrogens with one attached hydrogen (secondary N) is 1. The van der Waals surface area contributed by atoms with Crippen molar-refractivity contribution in [3.8, 4) is 0 Å². The Morgan fingerprint density at radius 1 is 1.22 bits per heavy atom. The molecule has 0 saturated carbocycles. The molecule has 32 heavy (non-hydrogen) atoms. The van der Waals surface area contributed by atoms with Crippen LogP contribution in [0.2, 0.25) is 0 Å². The number of aliphatic hydroxyl groups excluding tert-OH is 2. The Kier molecular flexibility index (Phi) is 6.19. The molecule has 3 aliphatic heterocycles. The van der Waals surface area contributed by atoms with E-state index in [1.807, 2.05) is 4.90 Å². The predicted octanol–water partition coefficient (Wildman–Crippen LogP) is -2.09. The van der Waals surface area contributed by atoms with Crippen molar-refractivity contribution >= 4 is 17.7 Å². The molecule has 2 unspecified atom stereocenters. The summed E-state index contributed by atoms with van der Waals surface area (Å²) in [5.74, 6) is -0.898. The first-order chi connectivity index (χ1) is 15.2. The lowest BCUT2D eigenvalue weighted by Crippen LogP contribution is -2.74. The Labute approximate surface area is 186 Å². The number of carbonyl (C=O) groups excluding carboxylic acids is 3. The van der Waals surface area contributed by atoms with E-state index in [1.165, 1.54) is 22.8 Å². The monoisotopic (exact) mass is 449 g/mol. The first-order valence-corrected chi connectivity index (χ1v) is 11.1. The van der Waals surface area contributed by atoms with Gasteiger partial charge in [0.2, 0.25) is 11.7 Å². The van der Waals surface area contributed by atoms with Gasteiger partial charge in [0.05, 0.1) is 25.2 Å². The van der Waals surface area contributed by atoms with Crippen LogP contribution in [-0.2, 0) is 16.6 Å². The topological polar surface area (TPSA) is 144 Å². The number of rotatable bonds is 7. The molecule has 3 amide bonds. The highest BCUT2D eigenvalue weighted by Crippen LogP contribution is 2.39. The number of nitrogens with zero attached hydrogens (tertiary/aromatic N) is 6. The summed E-state index contributed by atoms with van der Waals surface area (Å²) in [6.45, 7) is 3.46. The average Bonchev–Trinajstić information content (AvgIpc) is 3.51. The standard InChI is InChI=1S/C20H31N7O5/c1-13(28)15(17(30)25-7-3-4-8-25)23-14(29)10-26-11-20(19(26)32)6-5-9-27(20)18(31)16-21-12-22-24(16)2/h12-13,15,17,28,30H,3-11H2,1-2H3,(H,23,29)/t13-,15+,17?,20?/m1/s1. The number of β-lactam (4-membered cyclic amide) rings is 1. The zero-order valence-electron chi connectivity index (χ0n) is 18.5. The number of carbonyl (C=O) groups is 3. The van der Waals surface area contributed by atoms with Crippen LogP contribution in [0.25, 0.3) is 0 Å². The summed E-state index contributed by atoms with van der Waals surface area (Å²) in [6, 6.07) is -0.855. The third-order valence-electron chi connectivity index (χ3n) is 6.79. The van der Waals surface area contributed by atoms with Crippen molar-refractivity contribution in [2.75, 3.05) is 32.7 Å². The van der Waals surface area contributed by atoms with E-state index in [2.05, 4.69) is 15.4 Å². The molecule has 0 radical (unpaired) electrons. The Morgan fingerprint density at radius 2 is 1.94 bits per heavy atom. The summed E-state index contributed by atoms with van der Waals surface area (Å²) >= 11 is 0. The van der Waals surface area contributed by atoms with Crippen LogP contribution in [0.15, 0.2) is 6.33 Å². The van der Waals surface area contributed by atoms with E-state index in [0.29, 0.717) is 32.5 Å². The number of hydrogen-bond acceptors (Lipinski definition) is 8. The van der Waals surface area contributed by atoms with Crippen molar-refractivity contribution in [3.63, 3.8) is 0 Å². The zero-order chi connectivity index (χ0) is 23.0. The van der Waals surface area contributed by atoms with E-state index in [1.54, 1.807) is 11.9 Å². The summed E-state index contributed by atoms with van der Waals surface area (Å²) in [6.07, 6.45) is 2.51. The van der Waals surface area contributed by atoms with Gasteiger partial charge in [-0.1, -0.05) is 0 Å². The molecule has 1 spiro atoms. The molecule has 1 aromatic rings. The van der Waals surface area contributed by atoms with Gasteiger partial charge < -0.3 is 25.3 Å². The van der Waals surface area contributed by atoms with Crippen molar-refractivity contribution in [2.24, 2.45) is 7.05 Å². The van der Waals surface area contributed by atoms with Crippen molar-refractivity contribution in [3.05, 3.63) is 12.2 Å². The Hall–Kier alpha value is -2.57. The van der Waals surface area contributed by atoms with Gasteiger partial charge in [-0.2, -0.15) is 5.10 Å². The van der Waals surface area contributed by atoms with E-state index in [0.717, 1.165) is 12.8 Å². The van der Waals surface area contributed by atoms with Gasteiger partial charge >= 0.3 is 0 Å². The molecule has 0 aliphatic carbocycles. The molecule has 1 aromatic heterocycles. The first kappa shape index (κ1) is 22.6. The fraction of sp³-hybridized carbons (Fsp3) is 0.750. The normalized spacial score (nSPS) is 26.3. The van der Waals surface area contributed by atoms with Gasteiger partial charge in [0.15, 0.2) is 0 Å². The lowest BCUT2D eigenvalue weighted by molar-refractivity contribution is -0.161. The maximum atomic E-state index is 13.1. The highest BCUT2D eigenvalue weighted by atomic mass is 16.3. The second kappa shape index (κ2) is 8.75. The maximum absolute atomic E-state index is 13.1. The molecule has 4 atom stereocenters. The molecular weight excluding hydrogens is 418 g/mol. The molecule has 3 aliphatic rings. The SMILES string of the molecule is C[C@@H](O)[C@H](NC(=O)CN1CC2(CCCN2C(=O)c2ncnn2C)C1=O)C(O)N1CCCC1. The lowest BCUT2D eigenvalue weighted by atomic mass is 9.85. The Bertz CT molecular complexity index is 883. The van der Waals surface area contributed by atoms with Gasteiger partial charge in [-0.25, -0.2) is 9.67 Å². The molecule has 3 fully saturated rings. The van der Waals surface area contributed by atoms with E-state index in [9.17, 15) is 24.6 Å². The van der Waals surface area contributed by atoms with E-state index in [-0.39, 0.29) is 30.7 Å². The minimum atomic E-state index is -0.991. The van der Waals surface area contributed by atoms with Crippen molar-refractivity contribution < 1.29 is 24.6 Å². The highest BCUT2D eigenvalue weighted by Gasteiger charge is 2.60. The first-order valence-electron chi connectivity index (χ1n) is 11.1. The molecule has 0 aromatic carbocycles. The van der Waals surface area contributed by atoms with Crippen LogP contribution >= 0.6 is 0 Å². The lowest BCUT2D eigenvalue weighted by Gasteiger charge is -2.50. The molecule has 3 saturated heterocycles. The third-order valence-corrected chi connectivity index (χ3v) is 6.79. The second-order valence-electron chi connectivity index (χ2n) is 8.95. The molecule has 0 bridgehead atoms. The Morgan fingerprint density at radius 3 is 2.53 bits per heavy atom. The van der Waals surface area contributed by atoms with Crippen LogP contribution in [0.3, 0.4) is 0 Å². The van der Waals surface area contributed by atoms with Gasteiger partial charge in [-0.05, 0) is 32.6 Å². The van der Waals surface area contributed by atoms with Crippen LogP contribution in [0.4, 0.5) is 0 Å². The summed E-state index contributed by atoms with van der Waals surface area (Å²) in [4.78, 5) is 47.4. The Balaban J connectivity index is 1.37. The molecule has 12 heteroatoms. The van der Waals surface area contributed by atoms with Crippen molar-refractivity contribution in [1.29, 1.82) is 0 Å². The third kappa shape index (κ3) is 3.86. The van der Waals surface area contributed by atoms with Gasteiger partial charge in [-0.15, -0.1) is 0 Å². The summed E-state index contributed by atoms with van der Waals surface area (Å²) in [5, 5.41) is 27.3. The number of hydrogen-bond donors (Lipinski definition) is 3. The number of aromatic nitrogens is 3. The van der Waals surface area contributed by atoms with Crippen LogP contribution in [0, 0.1) is 0 Å². The van der Waals surface area contributed by atoms with Crippen LogP contribution in [0.1, 0.15) is 43.2 Å². The van der Waals surface area contributed by atoms with Crippen LogP contribution in [0.5, 0.6) is 0 Å². The van der Waals surface area contributed by atoms with Gasteiger partial charge in [0, 0.05) is 26.7 Å². The molecule has 3 N–H and O–H groups in total. The highest BCUT2D eigenvalue weighted by molar-refractivity contribution is 6.02. The number of aryl methyl sites for hydroxylation is 1. The summed E-state index contributed by atoms with van der Waals surface area (Å²) in [5.41, 5.74) is -0.942. The number of amides is 3. The quantitative estimate of drug-likeness (QED) is 0.402. The van der Waals surface area contributed by atoms with Gasteiger partial charge in [-0.3, -0.25) is 19.3 Å². The molecule has 4 heterocycles. The minimum Gasteiger partial charge on any atom is -0.391 e. The number of likely N-dealkylation sites (tertiary alicyclic amines) is 3. The van der Waals surface area contributed by atoms with Crippen molar-refractivity contribution in [2.45, 2.75) is 56.5 Å². The van der Waals surface area contributed by atoms with E-state index < -0.39 is 29.8 Å². The minimum absolute atomic E-state index is 0.172. The van der Waals surface area contributed by atoms with E-state index in [4.69, 9.17) is 0 Å². The largest absolute Gasteiger partial charge is 0.391 e. The van der Waals surface area contributed by atoms with Gasteiger partial charge in [0.1, 0.15) is 18.1 Å². The average molecular weight is 450 g/mol. The summed E-state index contributed by atoms with van der Waals surface area (Å²) < 4.78 is 1.38. The van der Waals surface area contributed by atoms with Crippen LogP contribution < -0.4 is 5.32 Å². The molecule has 12 nitrogen and oxygen atoms in total. The maximum Gasteiger partial charge on any atom is 0.292 e.